The van der Waals surface area contributed by atoms with Crippen LogP contribution in [-0.4, -0.2) is 25.1 Å². The van der Waals surface area contributed by atoms with Crippen molar-refractivity contribution in [1.29, 1.82) is 0 Å². The minimum Gasteiger partial charge on any atom is -0.359 e. The fourth-order valence-electron chi connectivity index (χ4n) is 2.66. The van der Waals surface area contributed by atoms with Gasteiger partial charge in [-0.25, -0.2) is 4.98 Å². The van der Waals surface area contributed by atoms with Gasteiger partial charge in [0.15, 0.2) is 0 Å². The van der Waals surface area contributed by atoms with Crippen molar-refractivity contribution in [3.8, 4) is 0 Å². The third kappa shape index (κ3) is 4.18. The van der Waals surface area contributed by atoms with Gasteiger partial charge >= 0.3 is 0 Å². The highest BCUT2D eigenvalue weighted by Gasteiger charge is 2.17. The summed E-state index contributed by atoms with van der Waals surface area (Å²) in [6, 6.07) is 10.7. The fraction of sp³-hybridized carbons (Fsp3) is 0.500. The van der Waals surface area contributed by atoms with Crippen LogP contribution >= 0.6 is 0 Å². The maximum absolute atomic E-state index is 4.89. The molecule has 1 heterocycles. The van der Waals surface area contributed by atoms with Crippen LogP contribution in [0.15, 0.2) is 30.3 Å². The van der Waals surface area contributed by atoms with Crippen molar-refractivity contribution in [1.82, 2.24) is 10.3 Å². The Morgan fingerprint density at radius 2 is 1.90 bits per heavy atom. The highest BCUT2D eigenvalue weighted by Crippen LogP contribution is 2.27. The first-order valence-electron chi connectivity index (χ1n) is 7.71. The van der Waals surface area contributed by atoms with Gasteiger partial charge in [0.05, 0.1) is 5.69 Å². The van der Waals surface area contributed by atoms with Crippen LogP contribution in [0.4, 0.5) is 5.82 Å². The zero-order chi connectivity index (χ0) is 15.5. The van der Waals surface area contributed by atoms with Gasteiger partial charge < -0.3 is 10.2 Å². The van der Waals surface area contributed by atoms with E-state index in [2.05, 4.69) is 75.3 Å². The lowest BCUT2D eigenvalue weighted by atomic mass is 9.96. The van der Waals surface area contributed by atoms with Crippen molar-refractivity contribution in [2.24, 2.45) is 5.41 Å². The summed E-state index contributed by atoms with van der Waals surface area (Å²) in [6.45, 7) is 11.7. The van der Waals surface area contributed by atoms with E-state index in [1.54, 1.807) is 0 Å². The molecular weight excluding hydrogens is 258 g/mol. The van der Waals surface area contributed by atoms with Gasteiger partial charge in [-0.1, -0.05) is 52.0 Å². The van der Waals surface area contributed by atoms with Gasteiger partial charge in [0.2, 0.25) is 0 Å². The Morgan fingerprint density at radius 3 is 2.57 bits per heavy atom. The lowest BCUT2D eigenvalue weighted by molar-refractivity contribution is 0.418. The van der Waals surface area contributed by atoms with E-state index in [9.17, 15) is 0 Å². The van der Waals surface area contributed by atoms with Crippen molar-refractivity contribution in [3.05, 3.63) is 36.0 Å². The molecule has 0 aliphatic rings. The minimum absolute atomic E-state index is 0.245. The SMILES string of the molecule is CCNCc1cc2ccccc2c(N(C)CC(C)(C)C)n1. The van der Waals surface area contributed by atoms with E-state index in [1.165, 1.54) is 10.8 Å². The number of anilines is 1. The highest BCUT2D eigenvalue weighted by molar-refractivity contribution is 5.92. The van der Waals surface area contributed by atoms with Gasteiger partial charge in [-0.2, -0.15) is 0 Å². The number of fused-ring (bicyclic) bond motifs is 1. The molecule has 0 spiro atoms. The van der Waals surface area contributed by atoms with Crippen molar-refractivity contribution in [2.45, 2.75) is 34.2 Å². The molecule has 0 fully saturated rings. The van der Waals surface area contributed by atoms with Gasteiger partial charge in [0, 0.05) is 25.5 Å². The van der Waals surface area contributed by atoms with Crippen molar-refractivity contribution < 1.29 is 0 Å². The Morgan fingerprint density at radius 1 is 1.19 bits per heavy atom. The van der Waals surface area contributed by atoms with Gasteiger partial charge in [-0.05, 0) is 23.4 Å². The molecule has 0 aliphatic carbocycles. The number of rotatable bonds is 5. The average molecular weight is 285 g/mol. The number of benzene rings is 1. The molecule has 2 rings (SSSR count). The average Bonchev–Trinajstić information content (AvgIpc) is 2.42. The summed E-state index contributed by atoms with van der Waals surface area (Å²) in [7, 11) is 2.14. The topological polar surface area (TPSA) is 28.2 Å². The van der Waals surface area contributed by atoms with Crippen LogP contribution in [0.3, 0.4) is 0 Å². The summed E-state index contributed by atoms with van der Waals surface area (Å²) in [5, 5.41) is 5.85. The number of pyridine rings is 1. The molecule has 2 aromatic rings. The van der Waals surface area contributed by atoms with E-state index in [-0.39, 0.29) is 5.41 Å². The summed E-state index contributed by atoms with van der Waals surface area (Å²) in [5.74, 6) is 1.08. The van der Waals surface area contributed by atoms with E-state index >= 15 is 0 Å². The third-order valence-electron chi connectivity index (χ3n) is 3.40. The largest absolute Gasteiger partial charge is 0.359 e. The summed E-state index contributed by atoms with van der Waals surface area (Å²) in [5.41, 5.74) is 1.35. The lowest BCUT2D eigenvalue weighted by Crippen LogP contribution is -2.30. The molecule has 0 unspecified atom stereocenters. The van der Waals surface area contributed by atoms with Crippen LogP contribution in [-0.2, 0) is 6.54 Å². The Bertz CT molecular complexity index is 599. The number of hydrogen-bond donors (Lipinski definition) is 1. The normalized spacial score (nSPS) is 11.9. The molecule has 114 valence electrons. The number of aromatic nitrogens is 1. The highest BCUT2D eigenvalue weighted by atomic mass is 15.2. The molecule has 0 radical (unpaired) electrons. The number of nitrogens with one attached hydrogen (secondary N) is 1. The molecule has 3 nitrogen and oxygen atoms in total. The lowest BCUT2D eigenvalue weighted by Gasteiger charge is -2.28. The van der Waals surface area contributed by atoms with Crippen LogP contribution in [0, 0.1) is 5.41 Å². The molecular formula is C18H27N3. The quantitative estimate of drug-likeness (QED) is 0.905. The van der Waals surface area contributed by atoms with E-state index in [1.807, 2.05) is 0 Å². The second-order valence-electron chi connectivity index (χ2n) is 6.86. The van der Waals surface area contributed by atoms with Crippen LogP contribution < -0.4 is 10.2 Å². The minimum atomic E-state index is 0.245. The van der Waals surface area contributed by atoms with Gasteiger partial charge in [-0.15, -0.1) is 0 Å². The molecule has 0 amide bonds. The Labute approximate surface area is 128 Å². The Balaban J connectivity index is 2.43. The van der Waals surface area contributed by atoms with Crippen LogP contribution in [0.5, 0.6) is 0 Å². The molecule has 0 saturated carbocycles. The van der Waals surface area contributed by atoms with Crippen molar-refractivity contribution in [2.75, 3.05) is 25.0 Å². The second-order valence-corrected chi connectivity index (χ2v) is 6.86. The van der Waals surface area contributed by atoms with Crippen molar-refractivity contribution >= 4 is 16.6 Å². The van der Waals surface area contributed by atoms with E-state index in [0.717, 1.165) is 31.1 Å². The standard InChI is InChI=1S/C18H27N3/c1-6-19-12-15-11-14-9-7-8-10-16(14)17(20-15)21(5)13-18(2,3)4/h7-11,19H,6,12-13H2,1-5H3. The Hall–Kier alpha value is -1.61. The van der Waals surface area contributed by atoms with E-state index < -0.39 is 0 Å². The molecule has 1 aromatic carbocycles. The van der Waals surface area contributed by atoms with Gasteiger partial charge in [-0.3, -0.25) is 0 Å². The zero-order valence-electron chi connectivity index (χ0n) is 13.9. The van der Waals surface area contributed by atoms with Crippen LogP contribution in [0.1, 0.15) is 33.4 Å². The zero-order valence-corrected chi connectivity index (χ0v) is 13.9. The molecule has 0 atom stereocenters. The monoisotopic (exact) mass is 285 g/mol. The maximum atomic E-state index is 4.89. The van der Waals surface area contributed by atoms with Gasteiger partial charge in [0.25, 0.3) is 0 Å². The molecule has 0 aliphatic heterocycles. The summed E-state index contributed by atoms with van der Waals surface area (Å²) in [6.07, 6.45) is 0. The third-order valence-corrected chi connectivity index (χ3v) is 3.40. The number of hydrogen-bond acceptors (Lipinski definition) is 3. The second kappa shape index (κ2) is 6.44. The summed E-state index contributed by atoms with van der Waals surface area (Å²) in [4.78, 5) is 7.16. The smallest absolute Gasteiger partial charge is 0.136 e. The first-order chi connectivity index (χ1) is 9.90. The predicted molar refractivity (Wildman–Crippen MR) is 91.8 cm³/mol. The molecule has 1 aromatic heterocycles. The van der Waals surface area contributed by atoms with Crippen LogP contribution in [0.2, 0.25) is 0 Å². The van der Waals surface area contributed by atoms with E-state index in [4.69, 9.17) is 4.98 Å². The summed E-state index contributed by atoms with van der Waals surface area (Å²) < 4.78 is 0. The first-order valence-corrected chi connectivity index (χ1v) is 7.71. The maximum Gasteiger partial charge on any atom is 0.136 e. The predicted octanol–water partition coefficient (Wildman–Crippen LogP) is 3.83. The molecule has 21 heavy (non-hydrogen) atoms. The molecule has 0 saturated heterocycles. The first kappa shape index (κ1) is 15.8. The molecule has 3 heteroatoms. The van der Waals surface area contributed by atoms with Crippen molar-refractivity contribution in [3.63, 3.8) is 0 Å². The summed E-state index contributed by atoms with van der Waals surface area (Å²) >= 11 is 0. The fourth-order valence-corrected chi connectivity index (χ4v) is 2.66. The van der Waals surface area contributed by atoms with Gasteiger partial charge in [0.1, 0.15) is 5.82 Å². The molecule has 1 N–H and O–H groups in total. The van der Waals surface area contributed by atoms with Crippen LogP contribution in [0.25, 0.3) is 10.8 Å². The number of nitrogens with zero attached hydrogens (tertiary/aromatic N) is 2. The Kier molecular flexibility index (Phi) is 4.84. The van der Waals surface area contributed by atoms with E-state index in [0.29, 0.717) is 0 Å². The molecule has 0 bridgehead atoms.